The van der Waals surface area contributed by atoms with Crippen LogP contribution in [0.1, 0.15) is 10.5 Å². The molecule has 1 aromatic carbocycles. The van der Waals surface area contributed by atoms with Crippen molar-refractivity contribution in [1.29, 1.82) is 0 Å². The maximum atomic E-state index is 12.2. The Kier molecular flexibility index (Phi) is 3.41. The number of hydrogen-bond donors (Lipinski definition) is 1. The van der Waals surface area contributed by atoms with E-state index in [0.29, 0.717) is 16.4 Å². The Morgan fingerprint density at radius 1 is 1.19 bits per heavy atom. The van der Waals surface area contributed by atoms with Gasteiger partial charge in [0.05, 0.1) is 16.4 Å². The number of nitrogens with zero attached hydrogens (tertiary/aromatic N) is 4. The molecule has 1 N–H and O–H groups in total. The molecule has 2 aromatic heterocycles. The van der Waals surface area contributed by atoms with Crippen molar-refractivity contribution >= 4 is 17.4 Å². The summed E-state index contributed by atoms with van der Waals surface area (Å²) in [6, 6.07) is 10.1. The van der Waals surface area contributed by atoms with E-state index in [9.17, 15) is 9.59 Å². The molecule has 106 valence electrons. The molecule has 0 aliphatic heterocycles. The third kappa shape index (κ3) is 2.50. The van der Waals surface area contributed by atoms with Gasteiger partial charge in [-0.2, -0.15) is 9.36 Å². The van der Waals surface area contributed by atoms with Crippen LogP contribution >= 0.6 is 11.6 Å². The molecular weight excluding hydrogens is 294 g/mol. The molecule has 21 heavy (non-hydrogen) atoms. The molecule has 0 fully saturated rings. The van der Waals surface area contributed by atoms with Gasteiger partial charge in [0.1, 0.15) is 6.54 Å². The molecule has 3 rings (SSSR count). The zero-order chi connectivity index (χ0) is 14.8. The van der Waals surface area contributed by atoms with Crippen molar-refractivity contribution in [2.45, 2.75) is 6.54 Å². The topological polar surface area (TPSA) is 85.6 Å². The van der Waals surface area contributed by atoms with Gasteiger partial charge in [-0.1, -0.05) is 23.7 Å². The lowest BCUT2D eigenvalue weighted by molar-refractivity contribution is 0.0961. The highest BCUT2D eigenvalue weighted by Gasteiger charge is 2.15. The molecular formula is C13H10ClN5O2. The van der Waals surface area contributed by atoms with Crippen LogP contribution in [-0.2, 0) is 6.54 Å². The summed E-state index contributed by atoms with van der Waals surface area (Å²) < 4.78 is 2.05. The number of Topliss-reactive ketones (excluding diaryl/α,β-unsaturated/α-hetero) is 1. The summed E-state index contributed by atoms with van der Waals surface area (Å²) in [5.41, 5.74) is 0.305. The van der Waals surface area contributed by atoms with Crippen molar-refractivity contribution in [2.24, 2.45) is 0 Å². The predicted molar refractivity (Wildman–Crippen MR) is 75.8 cm³/mol. The normalized spacial score (nSPS) is 10.7. The molecule has 2 heterocycles. The minimum atomic E-state index is -0.525. The number of ketones is 1. The van der Waals surface area contributed by atoms with Crippen LogP contribution in [0.15, 0.2) is 47.4 Å². The highest BCUT2D eigenvalue weighted by molar-refractivity contribution is 6.32. The summed E-state index contributed by atoms with van der Waals surface area (Å²) in [6.07, 6.45) is 1.64. The van der Waals surface area contributed by atoms with E-state index in [1.807, 2.05) is 0 Å². The summed E-state index contributed by atoms with van der Waals surface area (Å²) in [5, 5.41) is 7.84. The number of tetrazole rings is 1. The van der Waals surface area contributed by atoms with Gasteiger partial charge >= 0.3 is 5.69 Å². The molecule has 0 unspecified atom stereocenters. The lowest BCUT2D eigenvalue weighted by Crippen LogP contribution is -2.27. The third-order valence-electron chi connectivity index (χ3n) is 2.91. The Morgan fingerprint density at radius 2 is 2.00 bits per heavy atom. The molecule has 0 radical (unpaired) electrons. The van der Waals surface area contributed by atoms with E-state index in [1.165, 1.54) is 0 Å². The van der Waals surface area contributed by atoms with Gasteiger partial charge < -0.3 is 4.98 Å². The number of carbonyl (C=O) groups excluding carboxylic acids is 1. The average Bonchev–Trinajstić information content (AvgIpc) is 3.11. The lowest BCUT2D eigenvalue weighted by Gasteiger charge is -2.00. The van der Waals surface area contributed by atoms with Crippen LogP contribution in [0.25, 0.3) is 5.69 Å². The van der Waals surface area contributed by atoms with Crippen LogP contribution in [-0.4, -0.2) is 30.6 Å². The number of nitrogens with one attached hydrogen (secondary N) is 1. The Labute approximate surface area is 123 Å². The number of aromatic nitrogens is 5. The van der Waals surface area contributed by atoms with Crippen molar-refractivity contribution in [1.82, 2.24) is 24.8 Å². The van der Waals surface area contributed by atoms with E-state index in [-0.39, 0.29) is 12.3 Å². The Balaban J connectivity index is 1.92. The van der Waals surface area contributed by atoms with Gasteiger partial charge in [-0.25, -0.2) is 4.79 Å². The van der Waals surface area contributed by atoms with Gasteiger partial charge in [-0.05, 0) is 34.7 Å². The van der Waals surface area contributed by atoms with E-state index in [4.69, 9.17) is 11.6 Å². The Morgan fingerprint density at radius 3 is 2.71 bits per heavy atom. The maximum absolute atomic E-state index is 12.2. The highest BCUT2D eigenvalue weighted by atomic mass is 35.5. The van der Waals surface area contributed by atoms with Crippen LogP contribution < -0.4 is 5.69 Å². The molecule has 0 saturated heterocycles. The first-order valence-corrected chi connectivity index (χ1v) is 6.49. The van der Waals surface area contributed by atoms with Crippen LogP contribution in [0.4, 0.5) is 0 Å². The quantitative estimate of drug-likeness (QED) is 0.736. The van der Waals surface area contributed by atoms with Gasteiger partial charge in [-0.3, -0.25) is 4.79 Å². The van der Waals surface area contributed by atoms with E-state index in [2.05, 4.69) is 15.4 Å². The first-order valence-electron chi connectivity index (χ1n) is 6.11. The van der Waals surface area contributed by atoms with Crippen LogP contribution in [0.3, 0.4) is 0 Å². The number of hydrogen-bond acceptors (Lipinski definition) is 4. The van der Waals surface area contributed by atoms with Crippen molar-refractivity contribution < 1.29 is 4.79 Å². The molecule has 0 spiro atoms. The lowest BCUT2D eigenvalue weighted by atomic mass is 10.3. The number of benzene rings is 1. The number of carbonyl (C=O) groups is 1. The zero-order valence-electron chi connectivity index (χ0n) is 10.7. The fourth-order valence-electron chi connectivity index (χ4n) is 1.87. The average molecular weight is 304 g/mol. The van der Waals surface area contributed by atoms with E-state index < -0.39 is 5.69 Å². The van der Waals surface area contributed by atoms with Gasteiger partial charge in [0, 0.05) is 6.20 Å². The molecule has 0 atom stereocenters. The number of H-pyrrole nitrogens is 1. The minimum absolute atomic E-state index is 0.191. The third-order valence-corrected chi connectivity index (χ3v) is 3.23. The van der Waals surface area contributed by atoms with Crippen LogP contribution in [0, 0.1) is 0 Å². The largest absolute Gasteiger partial charge is 0.368 e. The summed E-state index contributed by atoms with van der Waals surface area (Å²) in [4.78, 5) is 26.9. The standard InChI is InChI=1S/C13H10ClN5O2/c14-9-4-1-2-6-11(9)19-13(21)18(16-17-19)8-12(20)10-5-3-7-15-10/h1-7,15H,8H2. The minimum Gasteiger partial charge on any atom is -0.359 e. The molecule has 0 aliphatic carbocycles. The maximum Gasteiger partial charge on any atom is 0.368 e. The predicted octanol–water partition coefficient (Wildman–Crippen LogP) is 1.29. The van der Waals surface area contributed by atoms with Crippen molar-refractivity contribution in [3.8, 4) is 5.69 Å². The van der Waals surface area contributed by atoms with E-state index in [0.717, 1.165) is 9.36 Å². The van der Waals surface area contributed by atoms with E-state index in [1.54, 1.807) is 42.6 Å². The van der Waals surface area contributed by atoms with Crippen molar-refractivity contribution in [2.75, 3.05) is 0 Å². The molecule has 0 aliphatic rings. The fraction of sp³-hybridized carbons (Fsp3) is 0.0769. The smallest absolute Gasteiger partial charge is 0.359 e. The second-order valence-electron chi connectivity index (χ2n) is 4.29. The number of rotatable bonds is 4. The molecule has 3 aromatic rings. The SMILES string of the molecule is O=C(Cn1nnn(-c2ccccc2Cl)c1=O)c1ccc[nH]1. The van der Waals surface area contributed by atoms with Gasteiger partial charge in [-0.15, -0.1) is 0 Å². The highest BCUT2D eigenvalue weighted by Crippen LogP contribution is 2.16. The Bertz CT molecular complexity index is 834. The summed E-state index contributed by atoms with van der Waals surface area (Å²) in [7, 11) is 0. The second kappa shape index (κ2) is 5.37. The van der Waals surface area contributed by atoms with Crippen molar-refractivity contribution in [3.05, 3.63) is 63.8 Å². The first-order chi connectivity index (χ1) is 10.2. The zero-order valence-corrected chi connectivity index (χ0v) is 11.5. The molecule has 0 bridgehead atoms. The summed E-state index contributed by atoms with van der Waals surface area (Å²) in [5.74, 6) is -0.256. The molecule has 8 heteroatoms. The first kappa shape index (κ1) is 13.3. The van der Waals surface area contributed by atoms with Gasteiger partial charge in [0.15, 0.2) is 0 Å². The Hall–Kier alpha value is -2.67. The molecule has 0 saturated carbocycles. The number of aromatic amines is 1. The summed E-state index contributed by atoms with van der Waals surface area (Å²) >= 11 is 6.02. The fourth-order valence-corrected chi connectivity index (χ4v) is 2.09. The van der Waals surface area contributed by atoms with Gasteiger partial charge in [0.25, 0.3) is 0 Å². The number of halogens is 1. The number of para-hydroxylation sites is 1. The van der Waals surface area contributed by atoms with E-state index >= 15 is 0 Å². The molecule has 7 nitrogen and oxygen atoms in total. The van der Waals surface area contributed by atoms with Crippen LogP contribution in [0.5, 0.6) is 0 Å². The second-order valence-corrected chi connectivity index (χ2v) is 4.70. The monoisotopic (exact) mass is 303 g/mol. The summed E-state index contributed by atoms with van der Waals surface area (Å²) in [6.45, 7) is -0.191. The van der Waals surface area contributed by atoms with Gasteiger partial charge in [0.2, 0.25) is 5.78 Å². The van der Waals surface area contributed by atoms with Crippen LogP contribution in [0.2, 0.25) is 5.02 Å². The molecule has 0 amide bonds. The van der Waals surface area contributed by atoms with Crippen molar-refractivity contribution in [3.63, 3.8) is 0 Å².